The van der Waals surface area contributed by atoms with Crippen LogP contribution in [0.1, 0.15) is 33.4 Å². The van der Waals surface area contributed by atoms with Crippen molar-refractivity contribution in [3.63, 3.8) is 0 Å². The highest BCUT2D eigenvalue weighted by atomic mass is 127. The van der Waals surface area contributed by atoms with Gasteiger partial charge in [-0.3, -0.25) is 14.4 Å². The van der Waals surface area contributed by atoms with Crippen molar-refractivity contribution in [3.05, 3.63) is 155 Å². The number of phenolic OH excluding ortho intramolecular Hbond substituents is 2. The van der Waals surface area contributed by atoms with Crippen molar-refractivity contribution in [1.29, 1.82) is 0 Å². The first-order chi connectivity index (χ1) is 32.7. The van der Waals surface area contributed by atoms with Gasteiger partial charge in [-0.05, 0) is 180 Å². The number of phenols is 2. The quantitative estimate of drug-likeness (QED) is 0.0452. The van der Waals surface area contributed by atoms with Crippen LogP contribution in [0.3, 0.4) is 0 Å². The predicted octanol–water partition coefficient (Wildman–Crippen LogP) is 8.87. The minimum atomic E-state index is -5.14. The number of methoxy groups -OCH3 is 3. The second-order valence-corrected chi connectivity index (χ2v) is 19.4. The summed E-state index contributed by atoms with van der Waals surface area (Å²) >= 11 is 8.37. The van der Waals surface area contributed by atoms with Crippen molar-refractivity contribution in [2.75, 3.05) is 21.3 Å². The first-order valence-electron chi connectivity index (χ1n) is 20.1. The number of amides is 1. The van der Waals surface area contributed by atoms with Gasteiger partial charge in [-0.1, -0.05) is 12.1 Å². The van der Waals surface area contributed by atoms with Gasteiger partial charge >= 0.3 is 24.0 Å². The number of hydrogen-bond acceptors (Lipinski definition) is 13. The summed E-state index contributed by atoms with van der Waals surface area (Å²) in [6.45, 7) is 0. The summed E-state index contributed by atoms with van der Waals surface area (Å²) in [5.74, 6) is -0.795. The third kappa shape index (κ3) is 16.0. The molecule has 0 aliphatic rings. The van der Waals surface area contributed by atoms with Crippen LogP contribution in [0.25, 0.3) is 0 Å². The maximum absolute atomic E-state index is 12.7. The Morgan fingerprint density at radius 3 is 1.62 bits per heavy atom. The molecule has 2 atom stereocenters. The number of aromatic hydroxyl groups is 2. The van der Waals surface area contributed by atoms with E-state index in [2.05, 4.69) is 64.6 Å². The molecule has 0 spiro atoms. The highest BCUT2D eigenvalue weighted by Crippen LogP contribution is 2.37. The molecule has 364 valence electrons. The van der Waals surface area contributed by atoms with E-state index in [0.29, 0.717) is 72.0 Å². The molecule has 0 saturated heterocycles. The molecule has 2 aromatic heterocycles. The zero-order valence-electron chi connectivity index (χ0n) is 36.5. The number of rotatable bonds is 16. The number of carbonyl (C=O) groups is 3. The van der Waals surface area contributed by atoms with Gasteiger partial charge in [-0.2, -0.15) is 13.2 Å². The van der Waals surface area contributed by atoms with Crippen molar-refractivity contribution >= 4 is 108 Å². The second-order valence-electron chi connectivity index (χ2n) is 14.8. The fourth-order valence-corrected chi connectivity index (χ4v) is 10.6. The smallest absolute Gasteiger partial charge is 0.471 e. The number of benzene rings is 4. The number of esters is 2. The fourth-order valence-electron chi connectivity index (χ4n) is 6.35. The number of hydrogen-bond donors (Lipinski definition) is 5. The first-order valence-corrected chi connectivity index (χ1v) is 24.4. The molecule has 0 aliphatic carbocycles. The lowest BCUT2D eigenvalue weighted by atomic mass is 10.0. The van der Waals surface area contributed by atoms with Gasteiger partial charge in [0.15, 0.2) is 11.5 Å². The number of halogens is 7. The SMILES string of the molecule is COC(=O)[C@@H](N)Cc1cc(I)c(Oc2ccc(O)c(Cc3ccc(=O)[nH]c3)c2)c(I)c1.COC(=O)[C@H](Cc1cc(I)c(Oc2ccc(O)c(Cc3ccc(OC)nc3)c2)c(I)c1)NC(=O)C(F)(F)F. The molecule has 0 bridgehead atoms. The molecule has 0 aliphatic heterocycles. The van der Waals surface area contributed by atoms with Gasteiger partial charge in [0.2, 0.25) is 11.4 Å². The molecule has 1 amide bonds. The van der Waals surface area contributed by atoms with Crippen molar-refractivity contribution in [1.82, 2.24) is 15.3 Å². The maximum Gasteiger partial charge on any atom is 0.471 e. The van der Waals surface area contributed by atoms with E-state index in [0.717, 1.165) is 30.9 Å². The van der Waals surface area contributed by atoms with Crippen LogP contribution >= 0.6 is 90.4 Å². The van der Waals surface area contributed by atoms with Gasteiger partial charge < -0.3 is 49.9 Å². The molecule has 0 radical (unpaired) electrons. The number of ether oxygens (including phenoxy) is 5. The van der Waals surface area contributed by atoms with Gasteiger partial charge in [-0.15, -0.1) is 0 Å². The summed E-state index contributed by atoms with van der Waals surface area (Å²) in [5.41, 5.74) is 10.1. The Kier molecular flexibility index (Phi) is 20.1. The second kappa shape index (κ2) is 25.3. The molecule has 0 fully saturated rings. The maximum atomic E-state index is 12.7. The average Bonchev–Trinajstić information content (AvgIpc) is 3.30. The van der Waals surface area contributed by atoms with E-state index in [9.17, 15) is 42.6 Å². The molecule has 15 nitrogen and oxygen atoms in total. The van der Waals surface area contributed by atoms with E-state index in [1.807, 2.05) is 63.4 Å². The number of nitrogens with two attached hydrogens (primary N) is 1. The lowest BCUT2D eigenvalue weighted by Crippen LogP contribution is -2.48. The molecule has 2 heterocycles. The van der Waals surface area contributed by atoms with E-state index >= 15 is 0 Å². The molecular weight excluding hydrogens is 1360 g/mol. The van der Waals surface area contributed by atoms with E-state index in [1.165, 1.54) is 26.4 Å². The number of nitrogens with zero attached hydrogens (tertiary/aromatic N) is 1. The number of aromatic amines is 1. The molecule has 6 rings (SSSR count). The molecule has 6 aromatic rings. The summed E-state index contributed by atoms with van der Waals surface area (Å²) in [5, 5.41) is 22.2. The van der Waals surface area contributed by atoms with Crippen molar-refractivity contribution in [2.24, 2.45) is 5.73 Å². The van der Waals surface area contributed by atoms with Crippen LogP contribution in [0, 0.1) is 14.3 Å². The standard InChI is InChI=1S/C25H21F3I2N2O6.C22H20I2N2O5/c1-36-21-6-3-13(12-31-21)7-15-11-16(4-5-20(15)33)38-22-17(29)8-14(9-18(22)30)10-19(23(34)37-2)32-24(35)25(26,27)28;1-30-22(29)18(25)9-13-7-16(23)21(17(24)8-13)31-15-3-4-19(27)14(10-15)6-12-2-5-20(28)26-11-12/h3-6,8-9,11-12,19,33H,7,10H2,1-2H3,(H,32,35);2-5,7-8,10-11,18,27H,6,9,25H2,1H3,(H,26,28)/t19-;18-/m00/s1. The number of aromatic nitrogens is 2. The Balaban J connectivity index is 0.000000263. The Labute approximate surface area is 447 Å². The first kappa shape index (κ1) is 55.0. The van der Waals surface area contributed by atoms with Gasteiger partial charge in [0.1, 0.15) is 35.1 Å². The highest BCUT2D eigenvalue weighted by Gasteiger charge is 2.41. The van der Waals surface area contributed by atoms with Crippen LogP contribution in [0.4, 0.5) is 13.2 Å². The number of alkyl halides is 3. The Hall–Kier alpha value is -4.94. The fraction of sp³-hybridized carbons (Fsp3) is 0.213. The number of nitrogens with one attached hydrogen (secondary N) is 2. The zero-order valence-corrected chi connectivity index (χ0v) is 45.1. The molecule has 69 heavy (non-hydrogen) atoms. The lowest BCUT2D eigenvalue weighted by Gasteiger charge is -2.19. The van der Waals surface area contributed by atoms with Crippen molar-refractivity contribution < 1.29 is 61.5 Å². The molecule has 0 saturated carbocycles. The van der Waals surface area contributed by atoms with Crippen LogP contribution in [-0.2, 0) is 49.5 Å². The van der Waals surface area contributed by atoms with E-state index in [-0.39, 0.29) is 23.5 Å². The molecule has 4 aromatic carbocycles. The van der Waals surface area contributed by atoms with Gasteiger partial charge in [0.25, 0.3) is 0 Å². The van der Waals surface area contributed by atoms with E-state index in [1.54, 1.807) is 72.3 Å². The third-order valence-corrected chi connectivity index (χ3v) is 13.0. The van der Waals surface area contributed by atoms with Gasteiger partial charge in [-0.25, -0.2) is 9.78 Å². The van der Waals surface area contributed by atoms with Crippen LogP contribution in [0.2, 0.25) is 0 Å². The Morgan fingerprint density at radius 1 is 0.696 bits per heavy atom. The minimum Gasteiger partial charge on any atom is -0.508 e. The van der Waals surface area contributed by atoms with Crippen molar-refractivity contribution in [3.8, 4) is 40.4 Å². The molecule has 22 heteroatoms. The predicted molar refractivity (Wildman–Crippen MR) is 281 cm³/mol. The average molecular weight is 1400 g/mol. The molecule has 6 N–H and O–H groups in total. The number of H-pyrrole nitrogens is 1. The monoisotopic (exact) mass is 1400 g/mol. The third-order valence-electron chi connectivity index (χ3n) is 9.75. The molecular formula is C47H41F3I4N4O11. The van der Waals surface area contributed by atoms with Crippen LogP contribution in [-0.4, -0.2) is 77.6 Å². The summed E-state index contributed by atoms with van der Waals surface area (Å²) in [6.07, 6.45) is -0.890. The minimum absolute atomic E-state index is 0.0858. The van der Waals surface area contributed by atoms with E-state index < -0.39 is 36.1 Å². The lowest BCUT2D eigenvalue weighted by molar-refractivity contribution is -0.175. The summed E-state index contributed by atoms with van der Waals surface area (Å²) in [7, 11) is 3.86. The van der Waals surface area contributed by atoms with Gasteiger partial charge in [0.05, 0.1) is 35.6 Å². The summed E-state index contributed by atoms with van der Waals surface area (Å²) in [4.78, 5) is 53.0. The Morgan fingerprint density at radius 2 is 1.19 bits per heavy atom. The van der Waals surface area contributed by atoms with E-state index in [4.69, 9.17) is 19.9 Å². The Bertz CT molecular complexity index is 2800. The zero-order chi connectivity index (χ0) is 50.6. The summed E-state index contributed by atoms with van der Waals surface area (Å²) < 4.78 is 67.6. The molecule has 0 unspecified atom stereocenters. The number of pyridine rings is 2. The highest BCUT2D eigenvalue weighted by molar-refractivity contribution is 14.1. The van der Waals surface area contributed by atoms with Gasteiger partial charge in [0, 0.05) is 54.9 Å². The largest absolute Gasteiger partial charge is 0.508 e. The summed E-state index contributed by atoms with van der Waals surface area (Å²) in [6, 6.07) is 21.4. The van der Waals surface area contributed by atoms with Crippen LogP contribution in [0.5, 0.6) is 40.4 Å². The topological polar surface area (TPSA) is 222 Å². The number of carbonyl (C=O) groups excluding carboxylic acids is 3. The van der Waals surface area contributed by atoms with Crippen LogP contribution in [0.15, 0.2) is 102 Å². The normalized spacial score (nSPS) is 11.9. The van der Waals surface area contributed by atoms with Crippen molar-refractivity contribution in [2.45, 2.75) is 43.9 Å². The van der Waals surface area contributed by atoms with Crippen LogP contribution < -0.4 is 30.8 Å².